The molecule has 3 nitrogen and oxygen atoms in total. The summed E-state index contributed by atoms with van der Waals surface area (Å²) in [6, 6.07) is 0. The molecule has 1 rings (SSSR count). The van der Waals surface area contributed by atoms with Gasteiger partial charge in [-0.15, -0.1) is 0 Å². The first-order valence-corrected chi connectivity index (χ1v) is 4.65. The third-order valence-electron chi connectivity index (χ3n) is 2.15. The molecule has 0 saturated carbocycles. The van der Waals surface area contributed by atoms with E-state index in [1.165, 1.54) is 0 Å². The van der Waals surface area contributed by atoms with Gasteiger partial charge in [-0.3, -0.25) is 0 Å². The Labute approximate surface area is 73.7 Å². The fourth-order valence-corrected chi connectivity index (χ4v) is 1.44. The molecule has 72 valence electrons. The second kappa shape index (κ2) is 4.21. The van der Waals surface area contributed by atoms with Crippen LogP contribution in [0.1, 0.15) is 33.1 Å². The molecule has 3 heteroatoms. The highest BCUT2D eigenvalue weighted by atomic mass is 16.8. The van der Waals surface area contributed by atoms with E-state index >= 15 is 0 Å². The van der Waals surface area contributed by atoms with Crippen molar-refractivity contribution in [3.05, 3.63) is 0 Å². The Morgan fingerprint density at radius 3 is 2.75 bits per heavy atom. The van der Waals surface area contributed by atoms with Gasteiger partial charge in [-0.05, 0) is 13.3 Å². The summed E-state index contributed by atoms with van der Waals surface area (Å²) in [6.07, 6.45) is 3.05. The largest absolute Gasteiger partial charge is 0.391 e. The number of aliphatic hydroxyl groups is 1. The molecule has 0 aromatic rings. The number of ether oxygens (including phenoxy) is 2. The highest BCUT2D eigenvalue weighted by Crippen LogP contribution is 2.28. The molecular weight excluding hydrogens is 156 g/mol. The highest BCUT2D eigenvalue weighted by Gasteiger charge is 2.38. The minimum Gasteiger partial charge on any atom is -0.391 e. The molecule has 0 aromatic carbocycles. The molecule has 1 heterocycles. The van der Waals surface area contributed by atoms with Crippen LogP contribution in [0.5, 0.6) is 0 Å². The molecular formula is C9H18O3. The molecule has 2 atom stereocenters. The van der Waals surface area contributed by atoms with Gasteiger partial charge >= 0.3 is 0 Å². The molecule has 1 aliphatic heterocycles. The van der Waals surface area contributed by atoms with Gasteiger partial charge in [-0.1, -0.05) is 13.3 Å². The van der Waals surface area contributed by atoms with Crippen LogP contribution in [0.2, 0.25) is 0 Å². The van der Waals surface area contributed by atoms with Crippen LogP contribution in [0.25, 0.3) is 0 Å². The van der Waals surface area contributed by atoms with Crippen molar-refractivity contribution in [2.75, 3.05) is 13.2 Å². The molecule has 0 spiro atoms. The smallest absolute Gasteiger partial charge is 0.192 e. The minimum atomic E-state index is -0.685. The molecule has 1 saturated heterocycles. The summed E-state index contributed by atoms with van der Waals surface area (Å²) < 4.78 is 11.0. The van der Waals surface area contributed by atoms with Gasteiger partial charge in [0, 0.05) is 6.42 Å². The van der Waals surface area contributed by atoms with Crippen LogP contribution in [0.15, 0.2) is 0 Å². The van der Waals surface area contributed by atoms with Crippen LogP contribution in [-0.2, 0) is 9.47 Å². The number of hydrogen-bond donors (Lipinski definition) is 1. The van der Waals surface area contributed by atoms with Gasteiger partial charge in [0.25, 0.3) is 0 Å². The second-order valence-corrected chi connectivity index (χ2v) is 3.41. The van der Waals surface area contributed by atoms with E-state index in [0.29, 0.717) is 6.61 Å². The molecule has 1 fully saturated rings. The van der Waals surface area contributed by atoms with Crippen molar-refractivity contribution in [2.45, 2.75) is 45.0 Å². The van der Waals surface area contributed by atoms with Crippen molar-refractivity contribution in [1.29, 1.82) is 0 Å². The van der Waals surface area contributed by atoms with Gasteiger partial charge in [-0.25, -0.2) is 0 Å². The zero-order valence-corrected chi connectivity index (χ0v) is 7.88. The predicted molar refractivity (Wildman–Crippen MR) is 45.8 cm³/mol. The van der Waals surface area contributed by atoms with E-state index in [-0.39, 0.29) is 12.7 Å². The van der Waals surface area contributed by atoms with E-state index in [1.807, 2.05) is 6.92 Å². The van der Waals surface area contributed by atoms with E-state index in [2.05, 4.69) is 6.92 Å². The van der Waals surface area contributed by atoms with Crippen LogP contribution in [-0.4, -0.2) is 30.2 Å². The molecule has 0 radical (unpaired) electrons. The Morgan fingerprint density at radius 2 is 2.33 bits per heavy atom. The average Bonchev–Trinajstić information content (AvgIpc) is 2.45. The molecule has 1 aliphatic rings. The molecule has 1 N–H and O–H groups in total. The van der Waals surface area contributed by atoms with Crippen molar-refractivity contribution in [3.8, 4) is 0 Å². The maximum atomic E-state index is 9.11. The van der Waals surface area contributed by atoms with Crippen LogP contribution >= 0.6 is 0 Å². The van der Waals surface area contributed by atoms with E-state index in [4.69, 9.17) is 14.6 Å². The topological polar surface area (TPSA) is 38.7 Å². The summed E-state index contributed by atoms with van der Waals surface area (Å²) in [5, 5.41) is 9.11. The Balaban J connectivity index is 2.41. The van der Waals surface area contributed by atoms with Gasteiger partial charge in [-0.2, -0.15) is 0 Å². The van der Waals surface area contributed by atoms with E-state index in [9.17, 15) is 0 Å². The number of unbranched alkanes of at least 4 members (excludes halogenated alkanes) is 1. The summed E-state index contributed by atoms with van der Waals surface area (Å²) in [6.45, 7) is 4.65. The lowest BCUT2D eigenvalue weighted by Gasteiger charge is -2.25. The Bertz CT molecular complexity index is 138. The first-order valence-electron chi connectivity index (χ1n) is 4.65. The van der Waals surface area contributed by atoms with Gasteiger partial charge in [0.2, 0.25) is 0 Å². The third kappa shape index (κ3) is 2.19. The maximum absolute atomic E-state index is 9.11. The monoisotopic (exact) mass is 174 g/mol. The lowest BCUT2D eigenvalue weighted by Crippen LogP contribution is -2.35. The highest BCUT2D eigenvalue weighted by molar-refractivity contribution is 4.76. The lowest BCUT2D eigenvalue weighted by molar-refractivity contribution is -0.195. The maximum Gasteiger partial charge on any atom is 0.192 e. The minimum absolute atomic E-state index is 0.0304. The molecule has 0 amide bonds. The number of rotatable bonds is 4. The standard InChI is InChI=1S/C9H18O3/c1-3-4-5-9(7-10)11-6-8(2)12-9/h8,10H,3-7H2,1-2H3. The quantitative estimate of drug-likeness (QED) is 0.698. The van der Waals surface area contributed by atoms with Crippen molar-refractivity contribution in [1.82, 2.24) is 0 Å². The van der Waals surface area contributed by atoms with Crippen molar-refractivity contribution in [3.63, 3.8) is 0 Å². The van der Waals surface area contributed by atoms with E-state index < -0.39 is 5.79 Å². The van der Waals surface area contributed by atoms with Gasteiger partial charge in [0.1, 0.15) is 0 Å². The Kier molecular flexibility index (Phi) is 3.50. The zero-order chi connectivity index (χ0) is 9.03. The number of hydrogen-bond acceptors (Lipinski definition) is 3. The average molecular weight is 174 g/mol. The molecule has 0 aliphatic carbocycles. The van der Waals surface area contributed by atoms with Crippen LogP contribution in [0, 0.1) is 0 Å². The Hall–Kier alpha value is -0.120. The summed E-state index contributed by atoms with van der Waals surface area (Å²) in [5.74, 6) is -0.685. The first-order chi connectivity index (χ1) is 5.72. The summed E-state index contributed by atoms with van der Waals surface area (Å²) >= 11 is 0. The molecule has 0 bridgehead atoms. The fraction of sp³-hybridized carbons (Fsp3) is 1.00. The molecule has 0 aromatic heterocycles. The molecule has 2 unspecified atom stereocenters. The van der Waals surface area contributed by atoms with Gasteiger partial charge < -0.3 is 14.6 Å². The fourth-order valence-electron chi connectivity index (χ4n) is 1.44. The SMILES string of the molecule is CCCCC1(CO)OCC(C)O1. The van der Waals surface area contributed by atoms with Crippen LogP contribution in [0.3, 0.4) is 0 Å². The molecule has 12 heavy (non-hydrogen) atoms. The normalized spacial score (nSPS) is 35.8. The van der Waals surface area contributed by atoms with Gasteiger partial charge in [0.05, 0.1) is 19.3 Å². The summed E-state index contributed by atoms with van der Waals surface area (Å²) in [5.41, 5.74) is 0. The second-order valence-electron chi connectivity index (χ2n) is 3.41. The van der Waals surface area contributed by atoms with E-state index in [1.54, 1.807) is 0 Å². The zero-order valence-electron chi connectivity index (χ0n) is 7.88. The first kappa shape index (κ1) is 9.96. The number of aliphatic hydroxyl groups excluding tert-OH is 1. The van der Waals surface area contributed by atoms with E-state index in [0.717, 1.165) is 19.3 Å². The predicted octanol–water partition coefficient (Wildman–Crippen LogP) is 1.30. The van der Waals surface area contributed by atoms with Crippen molar-refractivity contribution >= 4 is 0 Å². The summed E-state index contributed by atoms with van der Waals surface area (Å²) in [7, 11) is 0. The van der Waals surface area contributed by atoms with Crippen LogP contribution < -0.4 is 0 Å². The Morgan fingerprint density at radius 1 is 1.58 bits per heavy atom. The van der Waals surface area contributed by atoms with Crippen molar-refractivity contribution < 1.29 is 14.6 Å². The van der Waals surface area contributed by atoms with Crippen molar-refractivity contribution in [2.24, 2.45) is 0 Å². The lowest BCUT2D eigenvalue weighted by atomic mass is 10.1. The summed E-state index contributed by atoms with van der Waals surface area (Å²) in [4.78, 5) is 0. The van der Waals surface area contributed by atoms with Crippen LogP contribution in [0.4, 0.5) is 0 Å². The third-order valence-corrected chi connectivity index (χ3v) is 2.15. The van der Waals surface area contributed by atoms with Gasteiger partial charge in [0.15, 0.2) is 5.79 Å².